The minimum absolute atomic E-state index is 0.478. The highest BCUT2D eigenvalue weighted by Gasteiger charge is 2.26. The van der Waals surface area contributed by atoms with Gasteiger partial charge in [-0.1, -0.05) is 59.7 Å². The second kappa shape index (κ2) is 9.40. The van der Waals surface area contributed by atoms with E-state index in [1.807, 2.05) is 0 Å². The van der Waals surface area contributed by atoms with E-state index in [0.717, 1.165) is 31.9 Å². The van der Waals surface area contributed by atoms with Crippen LogP contribution in [-0.4, -0.2) is 35.5 Å². The SMILES string of the molecule is CCN(CC)P(Oc1ccccc1C(C)C)N(CC)CC. The lowest BCUT2D eigenvalue weighted by Crippen LogP contribution is -2.31. The highest BCUT2D eigenvalue weighted by Crippen LogP contribution is 2.46. The lowest BCUT2D eigenvalue weighted by Gasteiger charge is -2.36. The van der Waals surface area contributed by atoms with Gasteiger partial charge in [-0.15, -0.1) is 0 Å². The molecule has 3 nitrogen and oxygen atoms in total. The van der Waals surface area contributed by atoms with Crippen LogP contribution in [-0.2, 0) is 0 Å². The minimum Gasteiger partial charge on any atom is -0.444 e. The van der Waals surface area contributed by atoms with E-state index in [9.17, 15) is 0 Å². The standard InChI is InChI=1S/C17H31N2OP/c1-7-18(8-2)21(19(9-3)10-4)20-17-14-12-11-13-16(17)15(5)6/h11-15H,7-10H2,1-6H3. The molecule has 0 unspecified atom stereocenters. The van der Waals surface area contributed by atoms with Crippen LogP contribution in [0.4, 0.5) is 0 Å². The Morgan fingerprint density at radius 3 is 1.81 bits per heavy atom. The summed E-state index contributed by atoms with van der Waals surface area (Å²) in [5.74, 6) is 1.52. The summed E-state index contributed by atoms with van der Waals surface area (Å²) in [5, 5.41) is 0. The van der Waals surface area contributed by atoms with Crippen molar-refractivity contribution in [2.45, 2.75) is 47.5 Å². The number of nitrogens with zero attached hydrogens (tertiary/aromatic N) is 2. The summed E-state index contributed by atoms with van der Waals surface area (Å²) in [6, 6.07) is 8.45. The van der Waals surface area contributed by atoms with Crippen LogP contribution in [0.3, 0.4) is 0 Å². The number of benzene rings is 1. The van der Waals surface area contributed by atoms with Crippen LogP contribution < -0.4 is 4.52 Å². The van der Waals surface area contributed by atoms with Crippen molar-refractivity contribution in [1.29, 1.82) is 0 Å². The first-order valence-corrected chi connectivity index (χ1v) is 9.32. The van der Waals surface area contributed by atoms with Gasteiger partial charge in [0, 0.05) is 26.2 Å². The first-order valence-electron chi connectivity index (χ1n) is 8.15. The van der Waals surface area contributed by atoms with Gasteiger partial charge in [0.05, 0.1) is 0 Å². The molecule has 0 saturated carbocycles. The molecule has 120 valence electrons. The van der Waals surface area contributed by atoms with Gasteiger partial charge in [0.15, 0.2) is 0 Å². The topological polar surface area (TPSA) is 15.7 Å². The van der Waals surface area contributed by atoms with E-state index in [4.69, 9.17) is 4.52 Å². The van der Waals surface area contributed by atoms with Crippen LogP contribution in [0.1, 0.15) is 53.0 Å². The van der Waals surface area contributed by atoms with E-state index >= 15 is 0 Å². The summed E-state index contributed by atoms with van der Waals surface area (Å²) in [4.78, 5) is 0. The fourth-order valence-electron chi connectivity index (χ4n) is 2.35. The first-order chi connectivity index (χ1) is 10.1. The minimum atomic E-state index is -0.739. The van der Waals surface area contributed by atoms with E-state index in [1.54, 1.807) is 0 Å². The van der Waals surface area contributed by atoms with E-state index in [2.05, 4.69) is 75.1 Å². The molecule has 4 heteroatoms. The monoisotopic (exact) mass is 310 g/mol. The second-order valence-electron chi connectivity index (χ2n) is 5.31. The van der Waals surface area contributed by atoms with Crippen molar-refractivity contribution in [2.75, 3.05) is 26.2 Å². The smallest absolute Gasteiger partial charge is 0.248 e. The quantitative estimate of drug-likeness (QED) is 0.590. The molecule has 0 aliphatic carbocycles. The number of hydrogen-bond donors (Lipinski definition) is 0. The molecular formula is C17H31N2OP. The lowest BCUT2D eigenvalue weighted by atomic mass is 10.0. The average molecular weight is 310 g/mol. The molecule has 0 spiro atoms. The molecule has 0 aliphatic heterocycles. The summed E-state index contributed by atoms with van der Waals surface area (Å²) in [5.41, 5.74) is 1.30. The van der Waals surface area contributed by atoms with Crippen LogP contribution in [0.5, 0.6) is 5.75 Å². The second-order valence-corrected chi connectivity index (χ2v) is 7.13. The predicted molar refractivity (Wildman–Crippen MR) is 93.9 cm³/mol. The van der Waals surface area contributed by atoms with Gasteiger partial charge in [0.2, 0.25) is 8.45 Å². The van der Waals surface area contributed by atoms with Crippen molar-refractivity contribution in [3.63, 3.8) is 0 Å². The van der Waals surface area contributed by atoms with Gasteiger partial charge in [-0.2, -0.15) is 0 Å². The van der Waals surface area contributed by atoms with Crippen LogP contribution >= 0.6 is 8.45 Å². The third kappa shape index (κ3) is 4.95. The van der Waals surface area contributed by atoms with Crippen LogP contribution in [0.15, 0.2) is 24.3 Å². The molecule has 0 atom stereocenters. The van der Waals surface area contributed by atoms with Gasteiger partial charge < -0.3 is 4.52 Å². The van der Waals surface area contributed by atoms with Crippen LogP contribution in [0.25, 0.3) is 0 Å². The zero-order chi connectivity index (χ0) is 15.8. The molecule has 0 bridgehead atoms. The first kappa shape index (κ1) is 18.4. The molecule has 0 saturated heterocycles. The Balaban J connectivity index is 3.06. The molecule has 0 aromatic heterocycles. The molecule has 1 aromatic rings. The highest BCUT2D eigenvalue weighted by atomic mass is 31.2. The summed E-state index contributed by atoms with van der Waals surface area (Å²) >= 11 is 0. The van der Waals surface area contributed by atoms with E-state index < -0.39 is 8.45 Å². The Morgan fingerprint density at radius 2 is 1.38 bits per heavy atom. The van der Waals surface area contributed by atoms with Crippen molar-refractivity contribution >= 4 is 8.45 Å². The largest absolute Gasteiger partial charge is 0.444 e. The van der Waals surface area contributed by atoms with E-state index in [0.29, 0.717) is 5.92 Å². The molecule has 0 fully saturated rings. The Labute approximate surface area is 132 Å². The maximum absolute atomic E-state index is 6.51. The summed E-state index contributed by atoms with van der Waals surface area (Å²) < 4.78 is 11.4. The Hall–Kier alpha value is -0.630. The highest BCUT2D eigenvalue weighted by molar-refractivity contribution is 7.47. The molecule has 1 rings (SSSR count). The van der Waals surface area contributed by atoms with Gasteiger partial charge in [0.1, 0.15) is 5.75 Å². The van der Waals surface area contributed by atoms with Crippen LogP contribution in [0.2, 0.25) is 0 Å². The summed E-state index contributed by atoms with van der Waals surface area (Å²) in [6.07, 6.45) is 0. The molecular weight excluding hydrogens is 279 g/mol. The van der Waals surface area contributed by atoms with Gasteiger partial charge in [-0.25, -0.2) is 9.34 Å². The number of para-hydroxylation sites is 1. The molecule has 0 aliphatic rings. The zero-order valence-electron chi connectivity index (χ0n) is 14.5. The lowest BCUT2D eigenvalue weighted by molar-refractivity contribution is 0.359. The Bertz CT molecular complexity index is 392. The maximum atomic E-state index is 6.51. The predicted octanol–water partition coefficient (Wildman–Crippen LogP) is 5.10. The molecule has 21 heavy (non-hydrogen) atoms. The normalized spacial score (nSPS) is 11.9. The third-order valence-corrected chi connectivity index (χ3v) is 6.12. The van der Waals surface area contributed by atoms with Crippen molar-refractivity contribution in [3.05, 3.63) is 29.8 Å². The van der Waals surface area contributed by atoms with Crippen molar-refractivity contribution in [1.82, 2.24) is 9.34 Å². The van der Waals surface area contributed by atoms with Gasteiger partial charge in [-0.05, 0) is 17.5 Å². The van der Waals surface area contributed by atoms with E-state index in [1.165, 1.54) is 5.56 Å². The van der Waals surface area contributed by atoms with Crippen molar-refractivity contribution in [3.8, 4) is 5.75 Å². The molecule has 0 heterocycles. The summed E-state index contributed by atoms with van der Waals surface area (Å²) in [6.45, 7) is 17.3. The van der Waals surface area contributed by atoms with Gasteiger partial charge in [0.25, 0.3) is 0 Å². The van der Waals surface area contributed by atoms with Crippen LogP contribution in [0, 0.1) is 0 Å². The Kier molecular flexibility index (Phi) is 8.24. The molecule has 0 amide bonds. The van der Waals surface area contributed by atoms with Crippen molar-refractivity contribution in [2.24, 2.45) is 0 Å². The Morgan fingerprint density at radius 1 is 0.905 bits per heavy atom. The number of rotatable bonds is 9. The zero-order valence-corrected chi connectivity index (χ0v) is 15.4. The summed E-state index contributed by atoms with van der Waals surface area (Å²) in [7, 11) is -0.739. The number of hydrogen-bond acceptors (Lipinski definition) is 3. The third-order valence-electron chi connectivity index (χ3n) is 3.67. The maximum Gasteiger partial charge on any atom is 0.248 e. The fraction of sp³-hybridized carbons (Fsp3) is 0.647. The molecule has 0 N–H and O–H groups in total. The van der Waals surface area contributed by atoms with Gasteiger partial charge >= 0.3 is 0 Å². The van der Waals surface area contributed by atoms with E-state index in [-0.39, 0.29) is 0 Å². The molecule has 1 aromatic carbocycles. The molecule has 0 radical (unpaired) electrons. The fourth-order valence-corrected chi connectivity index (χ4v) is 4.25. The van der Waals surface area contributed by atoms with Gasteiger partial charge in [-0.3, -0.25) is 0 Å². The van der Waals surface area contributed by atoms with Crippen molar-refractivity contribution < 1.29 is 4.52 Å². The average Bonchev–Trinajstić information content (AvgIpc) is 2.49.